The average Bonchev–Trinajstić information content (AvgIpc) is 2.94. The van der Waals surface area contributed by atoms with Crippen LogP contribution < -0.4 is 0 Å². The third-order valence-corrected chi connectivity index (χ3v) is 3.94. The molecule has 0 spiro atoms. The number of nitrogens with zero attached hydrogens (tertiary/aromatic N) is 4. The Labute approximate surface area is 133 Å². The van der Waals surface area contributed by atoms with E-state index in [1.165, 1.54) is 0 Å². The Morgan fingerprint density at radius 3 is 1.43 bits per heavy atom. The van der Waals surface area contributed by atoms with Crippen LogP contribution in [0.25, 0.3) is 21.9 Å². The second-order valence-electron chi connectivity index (χ2n) is 5.08. The molecule has 0 bridgehead atoms. The molecular formula is C19H8N4. The highest BCUT2D eigenvalue weighted by atomic mass is 14.4. The zero-order chi connectivity index (χ0) is 16.4. The SMILES string of the molecule is N#CC(C#N)=C1CC(=C(C#N)C#N)c2cc3ccccc3cc21. The van der Waals surface area contributed by atoms with Gasteiger partial charge in [-0.15, -0.1) is 0 Å². The van der Waals surface area contributed by atoms with Crippen LogP contribution in [0.15, 0.2) is 47.5 Å². The average molecular weight is 292 g/mol. The monoisotopic (exact) mass is 292 g/mol. The van der Waals surface area contributed by atoms with Gasteiger partial charge in [0.2, 0.25) is 0 Å². The molecular weight excluding hydrogens is 284 g/mol. The molecule has 0 amide bonds. The van der Waals surface area contributed by atoms with E-state index in [4.69, 9.17) is 0 Å². The van der Waals surface area contributed by atoms with Crippen LogP contribution in [-0.2, 0) is 0 Å². The first-order valence-electron chi connectivity index (χ1n) is 6.83. The quantitative estimate of drug-likeness (QED) is 0.689. The van der Waals surface area contributed by atoms with Crippen LogP contribution in [-0.4, -0.2) is 0 Å². The highest BCUT2D eigenvalue weighted by Gasteiger charge is 2.27. The lowest BCUT2D eigenvalue weighted by Crippen LogP contribution is -1.86. The number of fused-ring (bicyclic) bond motifs is 2. The molecule has 0 saturated carbocycles. The van der Waals surface area contributed by atoms with Crippen LogP contribution in [0.1, 0.15) is 17.5 Å². The van der Waals surface area contributed by atoms with Gasteiger partial charge in [-0.2, -0.15) is 21.0 Å². The Bertz CT molecular complexity index is 955. The molecule has 0 fully saturated rings. The third kappa shape index (κ3) is 2.13. The summed E-state index contributed by atoms with van der Waals surface area (Å²) in [6.45, 7) is 0. The summed E-state index contributed by atoms with van der Waals surface area (Å²) in [6.07, 6.45) is 0.249. The number of nitriles is 4. The predicted octanol–water partition coefficient (Wildman–Crippen LogP) is 3.85. The first-order chi connectivity index (χ1) is 11.2. The zero-order valence-corrected chi connectivity index (χ0v) is 12.0. The van der Waals surface area contributed by atoms with E-state index < -0.39 is 0 Å². The summed E-state index contributed by atoms with van der Waals surface area (Å²) < 4.78 is 0. The summed E-state index contributed by atoms with van der Waals surface area (Å²) >= 11 is 0. The number of hydrogen-bond donors (Lipinski definition) is 0. The van der Waals surface area contributed by atoms with Gasteiger partial charge in [0.05, 0.1) is 0 Å². The Morgan fingerprint density at radius 2 is 1.09 bits per heavy atom. The van der Waals surface area contributed by atoms with Crippen LogP contribution in [0.5, 0.6) is 0 Å². The molecule has 0 unspecified atom stereocenters. The second-order valence-corrected chi connectivity index (χ2v) is 5.08. The van der Waals surface area contributed by atoms with Crippen molar-refractivity contribution in [1.29, 1.82) is 21.0 Å². The summed E-state index contributed by atoms with van der Waals surface area (Å²) in [5.74, 6) is 0. The highest BCUT2D eigenvalue weighted by molar-refractivity contribution is 6.02. The molecule has 0 N–H and O–H groups in total. The van der Waals surface area contributed by atoms with Crippen molar-refractivity contribution >= 4 is 21.9 Å². The molecule has 3 rings (SSSR count). The topological polar surface area (TPSA) is 95.2 Å². The Morgan fingerprint density at radius 1 is 0.696 bits per heavy atom. The lowest BCUT2D eigenvalue weighted by molar-refractivity contribution is 1.41. The Balaban J connectivity index is 2.45. The van der Waals surface area contributed by atoms with Crippen LogP contribution in [0.4, 0.5) is 0 Å². The van der Waals surface area contributed by atoms with Crippen LogP contribution >= 0.6 is 0 Å². The first-order valence-corrected chi connectivity index (χ1v) is 6.83. The van der Waals surface area contributed by atoms with Gasteiger partial charge in [-0.25, -0.2) is 0 Å². The van der Waals surface area contributed by atoms with Gasteiger partial charge in [-0.1, -0.05) is 24.3 Å². The Hall–Kier alpha value is -3.86. The van der Waals surface area contributed by atoms with E-state index >= 15 is 0 Å². The maximum Gasteiger partial charge on any atom is 0.133 e. The van der Waals surface area contributed by atoms with Gasteiger partial charge >= 0.3 is 0 Å². The first kappa shape index (κ1) is 14.1. The number of rotatable bonds is 0. The summed E-state index contributed by atoms with van der Waals surface area (Å²) in [4.78, 5) is 0. The third-order valence-electron chi connectivity index (χ3n) is 3.94. The molecule has 1 aliphatic rings. The van der Waals surface area contributed by atoms with Crippen LogP contribution in [0, 0.1) is 45.3 Å². The van der Waals surface area contributed by atoms with E-state index in [-0.39, 0.29) is 17.6 Å². The fraction of sp³-hybridized carbons (Fsp3) is 0.0526. The fourth-order valence-electron chi connectivity index (χ4n) is 2.87. The molecule has 0 aromatic heterocycles. The van der Waals surface area contributed by atoms with Gasteiger partial charge < -0.3 is 0 Å². The van der Waals surface area contributed by atoms with E-state index in [1.807, 2.05) is 60.7 Å². The van der Waals surface area contributed by atoms with Gasteiger partial charge in [0.25, 0.3) is 0 Å². The van der Waals surface area contributed by atoms with E-state index in [1.54, 1.807) is 0 Å². The van der Waals surface area contributed by atoms with Crippen molar-refractivity contribution in [2.24, 2.45) is 0 Å². The lowest BCUT2D eigenvalue weighted by Gasteiger charge is -2.05. The molecule has 2 aromatic carbocycles. The van der Waals surface area contributed by atoms with Crippen molar-refractivity contribution in [2.45, 2.75) is 6.42 Å². The van der Waals surface area contributed by atoms with Crippen molar-refractivity contribution in [3.05, 3.63) is 58.7 Å². The number of benzene rings is 2. The standard InChI is InChI=1S/C19H8N4/c20-8-14(9-21)16-7-17(15(10-22)11-23)19-6-13-4-2-1-3-12(13)5-18(16)19/h1-6H,7H2. The molecule has 0 heterocycles. The largest absolute Gasteiger partial charge is 0.192 e. The van der Waals surface area contributed by atoms with E-state index in [9.17, 15) is 21.0 Å². The minimum atomic E-state index is 0.0201. The molecule has 0 radical (unpaired) electrons. The molecule has 1 aliphatic carbocycles. The van der Waals surface area contributed by atoms with Gasteiger partial charge in [0.1, 0.15) is 35.4 Å². The van der Waals surface area contributed by atoms with E-state index in [0.717, 1.165) is 21.9 Å². The smallest absolute Gasteiger partial charge is 0.133 e. The van der Waals surface area contributed by atoms with Crippen LogP contribution in [0.3, 0.4) is 0 Å². The van der Waals surface area contributed by atoms with Crippen molar-refractivity contribution in [3.8, 4) is 24.3 Å². The maximum absolute atomic E-state index is 9.19. The van der Waals surface area contributed by atoms with E-state index in [0.29, 0.717) is 11.1 Å². The summed E-state index contributed by atoms with van der Waals surface area (Å²) in [6, 6.07) is 19.2. The molecule has 2 aromatic rings. The number of hydrogen-bond acceptors (Lipinski definition) is 4. The predicted molar refractivity (Wildman–Crippen MR) is 84.9 cm³/mol. The highest BCUT2D eigenvalue weighted by Crippen LogP contribution is 2.45. The molecule has 0 saturated heterocycles. The minimum absolute atomic E-state index is 0.0201. The van der Waals surface area contributed by atoms with Crippen molar-refractivity contribution in [2.75, 3.05) is 0 Å². The lowest BCUT2D eigenvalue weighted by atomic mass is 9.98. The van der Waals surface area contributed by atoms with E-state index in [2.05, 4.69) is 0 Å². The molecule has 0 aliphatic heterocycles. The van der Waals surface area contributed by atoms with Gasteiger partial charge in [0, 0.05) is 6.42 Å². The minimum Gasteiger partial charge on any atom is -0.192 e. The second kappa shape index (κ2) is 5.50. The summed E-state index contributed by atoms with van der Waals surface area (Å²) in [7, 11) is 0. The molecule has 104 valence electrons. The van der Waals surface area contributed by atoms with Gasteiger partial charge in [-0.3, -0.25) is 0 Å². The van der Waals surface area contributed by atoms with Gasteiger partial charge in [0.15, 0.2) is 0 Å². The van der Waals surface area contributed by atoms with Gasteiger partial charge in [-0.05, 0) is 45.2 Å². The normalized spacial score (nSPS) is 11.8. The molecule has 23 heavy (non-hydrogen) atoms. The molecule has 0 atom stereocenters. The zero-order valence-electron chi connectivity index (χ0n) is 12.0. The molecule has 4 heteroatoms. The van der Waals surface area contributed by atoms with Crippen LogP contribution in [0.2, 0.25) is 0 Å². The fourth-order valence-corrected chi connectivity index (χ4v) is 2.87. The maximum atomic E-state index is 9.19. The van der Waals surface area contributed by atoms with Crippen molar-refractivity contribution < 1.29 is 0 Å². The van der Waals surface area contributed by atoms with Crippen molar-refractivity contribution in [3.63, 3.8) is 0 Å². The summed E-state index contributed by atoms with van der Waals surface area (Å²) in [5, 5.41) is 38.7. The molecule has 4 nitrogen and oxygen atoms in total. The number of allylic oxidation sites excluding steroid dienone is 4. The van der Waals surface area contributed by atoms with Crippen molar-refractivity contribution in [1.82, 2.24) is 0 Å². The summed E-state index contributed by atoms with van der Waals surface area (Å²) in [5.41, 5.74) is 2.70. The Kier molecular flexibility index (Phi) is 3.37.